The molecule has 0 saturated carbocycles. The Labute approximate surface area is 592 Å². The molecular weight excluding hydrogens is 1270 g/mol. The highest BCUT2D eigenvalue weighted by Crippen LogP contribution is 2.45. The fraction of sp³-hybridized carbons (Fsp3) is 0.897. The van der Waals surface area contributed by atoms with Gasteiger partial charge in [0.05, 0.1) is 26.4 Å². The highest BCUT2D eigenvalue weighted by atomic mass is 31.2. The first-order valence-corrected chi connectivity index (χ1v) is 42.7. The van der Waals surface area contributed by atoms with Crippen LogP contribution in [0.3, 0.4) is 0 Å². The molecule has 0 aliphatic heterocycles. The van der Waals surface area contributed by atoms with Crippen molar-refractivity contribution >= 4 is 39.5 Å². The van der Waals surface area contributed by atoms with Crippen molar-refractivity contribution in [3.63, 3.8) is 0 Å². The standard InChI is InChI=1S/C78H148O17P2/c1-8-11-12-13-14-15-16-17-19-23-26-32-37-45-52-59-75(80)88-65-73(94-78(83)62-55-48-39-34-29-28-31-36-43-50-57-70(6)9-2)67-92-96(84,85)90-63-72(79)64-91-97(86,87)93-68-74(66-89-76(81)60-53-46-41-40-44-51-58-71(7)10-3)95-77(82)61-54-47-38-33-27-24-21-18-20-22-25-30-35-42-49-56-69(4)5/h15-17,19,69-74,79H,8-14,18,20-68H2,1-7H3,(H,84,85)(H,86,87)/b16-15-,19-17-/t70?,71?,72-,73-,74-/m1/s1. The molecule has 7 atom stereocenters. The molecule has 0 saturated heterocycles. The number of unbranched alkanes of at least 4 members (excludes halogenated alkanes) is 37. The Morgan fingerprint density at radius 1 is 0.340 bits per heavy atom. The summed E-state index contributed by atoms with van der Waals surface area (Å²) in [5.41, 5.74) is 0. The Kier molecular flexibility index (Phi) is 66.3. The number of phosphoric ester groups is 2. The molecule has 572 valence electrons. The van der Waals surface area contributed by atoms with Crippen molar-refractivity contribution in [3.8, 4) is 0 Å². The van der Waals surface area contributed by atoms with E-state index in [1.807, 2.05) is 0 Å². The second kappa shape index (κ2) is 68.0. The SMILES string of the molecule is CCCCCC/C=C\C=C/CCCCCCCC(=O)OC[C@H](COP(=O)(O)OC[C@@H](O)COP(=O)(O)OC[C@@H](COC(=O)CCCCCCCCC(C)CC)OC(=O)CCCCCCCCCCCCCCCCCC(C)C)OC(=O)CCCCCCCCCCCCC(C)CC. The third-order valence-corrected chi connectivity index (χ3v) is 20.1. The van der Waals surface area contributed by atoms with Crippen LogP contribution in [0.25, 0.3) is 0 Å². The molecule has 0 aromatic heterocycles. The monoisotopic (exact) mass is 1420 g/mol. The lowest BCUT2D eigenvalue weighted by atomic mass is 9.99. The van der Waals surface area contributed by atoms with Crippen LogP contribution in [-0.2, 0) is 65.4 Å². The van der Waals surface area contributed by atoms with E-state index in [1.165, 1.54) is 161 Å². The summed E-state index contributed by atoms with van der Waals surface area (Å²) in [7, 11) is -9.93. The smallest absolute Gasteiger partial charge is 0.462 e. The Morgan fingerprint density at radius 2 is 0.608 bits per heavy atom. The van der Waals surface area contributed by atoms with Crippen molar-refractivity contribution < 1.29 is 80.2 Å². The lowest BCUT2D eigenvalue weighted by molar-refractivity contribution is -0.161. The van der Waals surface area contributed by atoms with E-state index in [9.17, 15) is 43.2 Å². The molecule has 0 aromatic carbocycles. The van der Waals surface area contributed by atoms with E-state index in [-0.39, 0.29) is 25.7 Å². The van der Waals surface area contributed by atoms with Crippen molar-refractivity contribution in [1.29, 1.82) is 0 Å². The zero-order valence-electron chi connectivity index (χ0n) is 63.0. The number of hydrogen-bond donors (Lipinski definition) is 3. The maximum absolute atomic E-state index is 13.1. The van der Waals surface area contributed by atoms with Gasteiger partial charge in [-0.2, -0.15) is 0 Å². The van der Waals surface area contributed by atoms with E-state index >= 15 is 0 Å². The molecule has 0 aliphatic carbocycles. The molecule has 17 nitrogen and oxygen atoms in total. The van der Waals surface area contributed by atoms with Crippen LogP contribution in [0, 0.1) is 17.8 Å². The van der Waals surface area contributed by atoms with E-state index in [1.54, 1.807) is 0 Å². The molecule has 0 bridgehead atoms. The van der Waals surface area contributed by atoms with Gasteiger partial charge in [0.1, 0.15) is 19.3 Å². The largest absolute Gasteiger partial charge is 0.472 e. The van der Waals surface area contributed by atoms with Gasteiger partial charge in [0, 0.05) is 25.7 Å². The molecule has 19 heteroatoms. The van der Waals surface area contributed by atoms with Crippen LogP contribution < -0.4 is 0 Å². The van der Waals surface area contributed by atoms with Gasteiger partial charge in [-0.15, -0.1) is 0 Å². The summed E-state index contributed by atoms with van der Waals surface area (Å²) in [5.74, 6) is 0.184. The Hall–Kier alpha value is -2.46. The van der Waals surface area contributed by atoms with Gasteiger partial charge >= 0.3 is 39.5 Å². The molecule has 3 N–H and O–H groups in total. The number of carbonyl (C=O) groups is 4. The summed E-state index contributed by atoms with van der Waals surface area (Å²) < 4.78 is 68.6. The van der Waals surface area contributed by atoms with Gasteiger partial charge in [0.25, 0.3) is 0 Å². The predicted molar refractivity (Wildman–Crippen MR) is 395 cm³/mol. The minimum absolute atomic E-state index is 0.0991. The average Bonchev–Trinajstić information content (AvgIpc) is 3.76. The van der Waals surface area contributed by atoms with Crippen LogP contribution in [0.15, 0.2) is 24.3 Å². The summed E-state index contributed by atoms with van der Waals surface area (Å²) >= 11 is 0. The number of phosphoric acid groups is 2. The van der Waals surface area contributed by atoms with Gasteiger partial charge in [0.2, 0.25) is 0 Å². The van der Waals surface area contributed by atoms with Crippen LogP contribution in [-0.4, -0.2) is 96.7 Å². The summed E-state index contributed by atoms with van der Waals surface area (Å²) in [6, 6.07) is 0. The fourth-order valence-corrected chi connectivity index (χ4v) is 12.9. The average molecular weight is 1420 g/mol. The lowest BCUT2D eigenvalue weighted by Crippen LogP contribution is -2.30. The second-order valence-corrected chi connectivity index (χ2v) is 31.3. The van der Waals surface area contributed by atoms with Crippen LogP contribution in [0.5, 0.6) is 0 Å². The number of carbonyl (C=O) groups excluding carboxylic acids is 4. The second-order valence-electron chi connectivity index (χ2n) is 28.4. The maximum Gasteiger partial charge on any atom is 0.472 e. The first-order valence-electron chi connectivity index (χ1n) is 39.7. The van der Waals surface area contributed by atoms with Crippen molar-refractivity contribution in [2.45, 2.75) is 394 Å². The zero-order chi connectivity index (χ0) is 71.6. The molecule has 0 aromatic rings. The quantitative estimate of drug-likeness (QED) is 0.0169. The molecule has 0 aliphatic rings. The molecular formula is C78H148O17P2. The van der Waals surface area contributed by atoms with Crippen LogP contribution >= 0.6 is 15.6 Å². The number of rotatable bonds is 74. The number of aliphatic hydroxyl groups excluding tert-OH is 1. The van der Waals surface area contributed by atoms with Crippen LogP contribution in [0.2, 0.25) is 0 Å². The van der Waals surface area contributed by atoms with Crippen LogP contribution in [0.4, 0.5) is 0 Å². The van der Waals surface area contributed by atoms with Gasteiger partial charge in [-0.3, -0.25) is 37.3 Å². The van der Waals surface area contributed by atoms with Crippen molar-refractivity contribution in [3.05, 3.63) is 24.3 Å². The van der Waals surface area contributed by atoms with Crippen molar-refractivity contribution in [2.24, 2.45) is 17.8 Å². The van der Waals surface area contributed by atoms with Gasteiger partial charge in [-0.25, -0.2) is 9.13 Å². The van der Waals surface area contributed by atoms with Crippen LogP contribution in [0.1, 0.15) is 376 Å². The van der Waals surface area contributed by atoms with Crippen molar-refractivity contribution in [1.82, 2.24) is 0 Å². The summed E-state index contributed by atoms with van der Waals surface area (Å²) in [5, 5.41) is 10.6. The summed E-state index contributed by atoms with van der Waals surface area (Å²) in [6.07, 6.45) is 57.6. The van der Waals surface area contributed by atoms with Crippen molar-refractivity contribution in [2.75, 3.05) is 39.6 Å². The van der Waals surface area contributed by atoms with Gasteiger partial charge < -0.3 is 33.8 Å². The number of hydrogen-bond acceptors (Lipinski definition) is 15. The lowest BCUT2D eigenvalue weighted by Gasteiger charge is -2.21. The number of esters is 4. The minimum atomic E-state index is -4.97. The van der Waals surface area contributed by atoms with Gasteiger partial charge in [-0.1, -0.05) is 323 Å². The van der Waals surface area contributed by atoms with E-state index in [2.05, 4.69) is 72.8 Å². The van der Waals surface area contributed by atoms with E-state index < -0.39 is 97.5 Å². The Balaban J connectivity index is 5.28. The highest BCUT2D eigenvalue weighted by Gasteiger charge is 2.30. The summed E-state index contributed by atoms with van der Waals surface area (Å²) in [6.45, 7) is 11.9. The first kappa shape index (κ1) is 94.5. The first-order chi connectivity index (χ1) is 46.8. The third-order valence-electron chi connectivity index (χ3n) is 18.2. The molecule has 0 heterocycles. The Morgan fingerprint density at radius 3 is 0.918 bits per heavy atom. The fourth-order valence-electron chi connectivity index (χ4n) is 11.4. The predicted octanol–water partition coefficient (Wildman–Crippen LogP) is 22.5. The number of allylic oxidation sites excluding steroid dienone is 4. The minimum Gasteiger partial charge on any atom is -0.462 e. The molecule has 0 amide bonds. The molecule has 0 radical (unpaired) electrons. The molecule has 0 rings (SSSR count). The third kappa shape index (κ3) is 69.1. The van der Waals surface area contributed by atoms with E-state index in [0.717, 1.165) is 133 Å². The highest BCUT2D eigenvalue weighted by molar-refractivity contribution is 7.47. The maximum atomic E-state index is 13.1. The Bertz CT molecular complexity index is 1990. The molecule has 4 unspecified atom stereocenters. The van der Waals surface area contributed by atoms with Gasteiger partial charge in [-0.05, 0) is 69.1 Å². The van der Waals surface area contributed by atoms with Gasteiger partial charge in [0.15, 0.2) is 12.2 Å². The summed E-state index contributed by atoms with van der Waals surface area (Å²) in [4.78, 5) is 72.9. The molecule has 0 fully saturated rings. The number of ether oxygens (including phenoxy) is 4. The zero-order valence-corrected chi connectivity index (χ0v) is 64.8. The molecule has 97 heavy (non-hydrogen) atoms. The van der Waals surface area contributed by atoms with E-state index in [0.29, 0.717) is 25.7 Å². The van der Waals surface area contributed by atoms with E-state index in [4.69, 9.17) is 37.0 Å². The number of aliphatic hydroxyl groups is 1. The topological polar surface area (TPSA) is 237 Å². The molecule has 0 spiro atoms. The normalized spacial score (nSPS) is 14.8.